The number of amides is 2. The molecule has 138 valence electrons. The van der Waals surface area contributed by atoms with Gasteiger partial charge in [-0.3, -0.25) is 4.79 Å². The van der Waals surface area contributed by atoms with E-state index in [1.807, 2.05) is 0 Å². The molecule has 7 nitrogen and oxygen atoms in total. The van der Waals surface area contributed by atoms with Gasteiger partial charge in [0.1, 0.15) is 23.8 Å². The average molecular weight is 373 g/mol. The molecule has 9 heteroatoms. The summed E-state index contributed by atoms with van der Waals surface area (Å²) < 4.78 is 38.1. The van der Waals surface area contributed by atoms with Crippen LogP contribution < -0.4 is 11.5 Å². The second kappa shape index (κ2) is 7.24. The van der Waals surface area contributed by atoms with E-state index in [4.69, 9.17) is 15.9 Å². The lowest BCUT2D eigenvalue weighted by Crippen LogP contribution is -2.13. The third-order valence-corrected chi connectivity index (χ3v) is 3.63. The van der Waals surface area contributed by atoms with Crippen LogP contribution in [-0.4, -0.2) is 17.0 Å². The maximum absolute atomic E-state index is 14.0. The molecule has 0 radical (unpaired) electrons. The first-order chi connectivity index (χ1) is 12.9. The Balaban J connectivity index is 2.02. The van der Waals surface area contributed by atoms with Crippen molar-refractivity contribution in [2.75, 3.05) is 0 Å². The lowest BCUT2D eigenvalue weighted by atomic mass is 10.1. The van der Waals surface area contributed by atoms with Crippen molar-refractivity contribution in [2.45, 2.75) is 6.61 Å². The number of aromatic nitrogens is 1. The number of carbonyl (C=O) groups excluding carboxylic acids is 2. The fourth-order valence-electron chi connectivity index (χ4n) is 2.40. The molecule has 0 spiro atoms. The highest BCUT2D eigenvalue weighted by Gasteiger charge is 2.24. The summed E-state index contributed by atoms with van der Waals surface area (Å²) in [6.07, 6.45) is -0.915. The van der Waals surface area contributed by atoms with Gasteiger partial charge in [-0.15, -0.1) is 0 Å². The Morgan fingerprint density at radius 3 is 2.22 bits per heavy atom. The van der Waals surface area contributed by atoms with Crippen LogP contribution in [0.25, 0.3) is 22.8 Å². The van der Waals surface area contributed by atoms with Crippen molar-refractivity contribution in [3.63, 3.8) is 0 Å². The van der Waals surface area contributed by atoms with E-state index in [0.29, 0.717) is 11.1 Å². The van der Waals surface area contributed by atoms with Gasteiger partial charge >= 0.3 is 6.09 Å². The second-order valence-corrected chi connectivity index (χ2v) is 5.46. The van der Waals surface area contributed by atoms with Crippen molar-refractivity contribution >= 4 is 12.0 Å². The SMILES string of the molecule is NC(=O)OCc1ccc(-c2oc(-c3c(F)cccc3F)nc2C(N)=O)cc1. The number of ether oxygens (including phenoxy) is 1. The monoisotopic (exact) mass is 373 g/mol. The fraction of sp³-hybridized carbons (Fsp3) is 0.0556. The zero-order valence-electron chi connectivity index (χ0n) is 13.7. The van der Waals surface area contributed by atoms with Crippen molar-refractivity contribution in [1.29, 1.82) is 0 Å². The predicted molar refractivity (Wildman–Crippen MR) is 90.2 cm³/mol. The van der Waals surface area contributed by atoms with E-state index in [2.05, 4.69) is 9.72 Å². The van der Waals surface area contributed by atoms with Gasteiger partial charge < -0.3 is 20.6 Å². The van der Waals surface area contributed by atoms with Crippen LogP contribution in [0, 0.1) is 11.6 Å². The van der Waals surface area contributed by atoms with E-state index in [-0.39, 0.29) is 18.1 Å². The molecule has 4 N–H and O–H groups in total. The zero-order valence-corrected chi connectivity index (χ0v) is 13.7. The van der Waals surface area contributed by atoms with Crippen molar-refractivity contribution in [1.82, 2.24) is 4.98 Å². The first-order valence-electron chi connectivity index (χ1n) is 7.63. The number of oxazole rings is 1. The minimum absolute atomic E-state index is 0.0393. The number of benzene rings is 2. The van der Waals surface area contributed by atoms with Crippen LogP contribution in [0.2, 0.25) is 0 Å². The summed E-state index contributed by atoms with van der Waals surface area (Å²) in [5.74, 6) is -3.15. The lowest BCUT2D eigenvalue weighted by molar-refractivity contribution is 0.0996. The molecule has 0 fully saturated rings. The third kappa shape index (κ3) is 3.76. The zero-order chi connectivity index (χ0) is 19.6. The largest absolute Gasteiger partial charge is 0.445 e. The minimum Gasteiger partial charge on any atom is -0.445 e. The quantitative estimate of drug-likeness (QED) is 0.712. The van der Waals surface area contributed by atoms with E-state index < -0.39 is 35.1 Å². The first-order valence-corrected chi connectivity index (χ1v) is 7.63. The maximum atomic E-state index is 14.0. The summed E-state index contributed by atoms with van der Waals surface area (Å²) in [4.78, 5) is 26.2. The van der Waals surface area contributed by atoms with Crippen LogP contribution in [0.1, 0.15) is 16.1 Å². The molecule has 0 aliphatic carbocycles. The van der Waals surface area contributed by atoms with Crippen molar-refractivity contribution in [2.24, 2.45) is 11.5 Å². The number of nitrogens with two attached hydrogens (primary N) is 2. The van der Waals surface area contributed by atoms with Crippen LogP contribution in [0.5, 0.6) is 0 Å². The first kappa shape index (κ1) is 18.1. The van der Waals surface area contributed by atoms with Gasteiger partial charge in [0.2, 0.25) is 5.89 Å². The summed E-state index contributed by atoms with van der Waals surface area (Å²) in [5.41, 5.74) is 10.5. The molecule has 0 bridgehead atoms. The fourth-order valence-corrected chi connectivity index (χ4v) is 2.40. The van der Waals surface area contributed by atoms with Gasteiger partial charge in [0.15, 0.2) is 11.5 Å². The van der Waals surface area contributed by atoms with Gasteiger partial charge in [-0.25, -0.2) is 18.6 Å². The van der Waals surface area contributed by atoms with Crippen molar-refractivity contribution in [3.8, 4) is 22.8 Å². The Kier molecular flexibility index (Phi) is 4.84. The summed E-state index contributed by atoms with van der Waals surface area (Å²) in [6.45, 7) is -0.0413. The molecular formula is C18H13F2N3O4. The molecular weight excluding hydrogens is 360 g/mol. The van der Waals surface area contributed by atoms with Crippen LogP contribution >= 0.6 is 0 Å². The molecule has 0 aliphatic heterocycles. The average Bonchev–Trinajstić information content (AvgIpc) is 3.05. The second-order valence-electron chi connectivity index (χ2n) is 5.46. The van der Waals surface area contributed by atoms with E-state index >= 15 is 0 Å². The van der Waals surface area contributed by atoms with Gasteiger partial charge in [-0.1, -0.05) is 30.3 Å². The van der Waals surface area contributed by atoms with Crippen LogP contribution in [0.15, 0.2) is 46.9 Å². The molecule has 3 rings (SSSR count). The molecule has 27 heavy (non-hydrogen) atoms. The predicted octanol–water partition coefficient (Wildman–Crippen LogP) is 2.98. The van der Waals surface area contributed by atoms with E-state index in [9.17, 15) is 18.4 Å². The molecule has 0 atom stereocenters. The third-order valence-electron chi connectivity index (χ3n) is 3.63. The Morgan fingerprint density at radius 1 is 1.04 bits per heavy atom. The number of rotatable bonds is 5. The molecule has 0 aliphatic rings. The number of primary amides is 2. The molecule has 2 aromatic carbocycles. The van der Waals surface area contributed by atoms with Crippen LogP contribution in [0.4, 0.5) is 13.6 Å². The van der Waals surface area contributed by atoms with Gasteiger partial charge in [-0.05, 0) is 17.7 Å². The Labute approximate surface area is 151 Å². The molecule has 1 heterocycles. The smallest absolute Gasteiger partial charge is 0.404 e. The topological polar surface area (TPSA) is 121 Å². The van der Waals surface area contributed by atoms with E-state index in [0.717, 1.165) is 12.1 Å². The van der Waals surface area contributed by atoms with Crippen LogP contribution in [-0.2, 0) is 11.3 Å². The normalized spacial score (nSPS) is 10.6. The number of halogens is 2. The summed E-state index contributed by atoms with van der Waals surface area (Å²) >= 11 is 0. The molecule has 0 unspecified atom stereocenters. The minimum atomic E-state index is -0.919. The Hall–Kier alpha value is -3.75. The number of carbonyl (C=O) groups is 2. The number of hydrogen-bond donors (Lipinski definition) is 2. The molecule has 2 amide bonds. The number of hydrogen-bond acceptors (Lipinski definition) is 5. The summed E-state index contributed by atoms with van der Waals surface area (Å²) in [7, 11) is 0. The van der Waals surface area contributed by atoms with E-state index in [1.165, 1.54) is 6.07 Å². The number of nitrogens with zero attached hydrogens (tertiary/aromatic N) is 1. The molecule has 1 aromatic heterocycles. The van der Waals surface area contributed by atoms with Gasteiger partial charge in [-0.2, -0.15) is 0 Å². The standard InChI is InChI=1S/C18H13F2N3O4/c19-11-2-1-3-12(20)13(11)17-23-14(16(21)24)15(27-17)10-6-4-9(5-7-10)8-26-18(22)25/h1-7H,8H2,(H2,21,24)(H2,22,25). The highest BCUT2D eigenvalue weighted by Crippen LogP contribution is 2.32. The summed E-state index contributed by atoms with van der Waals surface area (Å²) in [6, 6.07) is 9.56. The van der Waals surface area contributed by atoms with Crippen molar-refractivity contribution in [3.05, 3.63) is 65.4 Å². The van der Waals surface area contributed by atoms with Crippen LogP contribution in [0.3, 0.4) is 0 Å². The van der Waals surface area contributed by atoms with Gasteiger partial charge in [0.25, 0.3) is 5.91 Å². The van der Waals surface area contributed by atoms with Gasteiger partial charge in [0.05, 0.1) is 0 Å². The highest BCUT2D eigenvalue weighted by molar-refractivity contribution is 5.97. The Morgan fingerprint density at radius 2 is 1.67 bits per heavy atom. The maximum Gasteiger partial charge on any atom is 0.404 e. The lowest BCUT2D eigenvalue weighted by Gasteiger charge is -2.03. The van der Waals surface area contributed by atoms with Gasteiger partial charge in [0, 0.05) is 5.56 Å². The Bertz CT molecular complexity index is 996. The molecule has 0 saturated heterocycles. The molecule has 3 aromatic rings. The highest BCUT2D eigenvalue weighted by atomic mass is 19.1. The van der Waals surface area contributed by atoms with E-state index in [1.54, 1.807) is 24.3 Å². The van der Waals surface area contributed by atoms with Crippen molar-refractivity contribution < 1.29 is 27.5 Å². The summed E-state index contributed by atoms with van der Waals surface area (Å²) in [5, 5.41) is 0. The molecule has 0 saturated carbocycles.